The molecule has 2 unspecified atom stereocenters. The molecule has 0 radical (unpaired) electrons. The number of hydrogen-bond donors (Lipinski definition) is 1. The lowest BCUT2D eigenvalue weighted by atomic mass is 10.0. The molecule has 0 aliphatic heterocycles. The second-order valence-corrected chi connectivity index (χ2v) is 5.87. The summed E-state index contributed by atoms with van der Waals surface area (Å²) in [6.45, 7) is 10.6. The van der Waals surface area contributed by atoms with E-state index in [4.69, 9.17) is 0 Å². The van der Waals surface area contributed by atoms with Crippen molar-refractivity contribution in [3.05, 3.63) is 12.7 Å². The normalized spacial score (nSPS) is 16.8. The summed E-state index contributed by atoms with van der Waals surface area (Å²) < 4.78 is 0. The van der Waals surface area contributed by atoms with Gasteiger partial charge >= 0.3 is 0 Å². The summed E-state index contributed by atoms with van der Waals surface area (Å²) in [6.07, 6.45) is 4.50. The summed E-state index contributed by atoms with van der Waals surface area (Å²) in [7, 11) is 1.65. The lowest BCUT2D eigenvalue weighted by molar-refractivity contribution is 0.659. The Balaban J connectivity index is 4.14. The van der Waals surface area contributed by atoms with Crippen LogP contribution in [-0.2, 0) is 0 Å². The van der Waals surface area contributed by atoms with Crippen molar-refractivity contribution in [2.45, 2.75) is 26.7 Å². The molecule has 72 valence electrons. The van der Waals surface area contributed by atoms with Crippen LogP contribution in [-0.4, -0.2) is 19.0 Å². The summed E-state index contributed by atoms with van der Waals surface area (Å²) in [5, 5.41) is 4.97. The minimum atomic E-state index is -0.403. The zero-order valence-corrected chi connectivity index (χ0v) is 9.78. The third-order valence-corrected chi connectivity index (χ3v) is 4.68. The Kier molecular flexibility index (Phi) is 6.51. The largest absolute Gasteiger partial charge is 0.302 e. The summed E-state index contributed by atoms with van der Waals surface area (Å²) in [6, 6.07) is 0. The summed E-state index contributed by atoms with van der Waals surface area (Å²) in [4.78, 5) is 0. The molecule has 0 saturated carbocycles. The molecule has 2 atom stereocenters. The van der Waals surface area contributed by atoms with Crippen LogP contribution in [0, 0.1) is 5.92 Å². The molecule has 0 amide bonds. The quantitative estimate of drug-likeness (QED) is 0.515. The predicted octanol–water partition coefficient (Wildman–Crippen LogP) is 2.76. The lowest BCUT2D eigenvalue weighted by Gasteiger charge is -2.12. The first-order valence-electron chi connectivity index (χ1n) is 4.62. The number of allylic oxidation sites excluding steroid dienone is 1. The predicted molar refractivity (Wildman–Crippen MR) is 62.6 cm³/mol. The van der Waals surface area contributed by atoms with E-state index in [9.17, 15) is 0 Å². The highest BCUT2D eigenvalue weighted by atomic mass is 31.1. The van der Waals surface area contributed by atoms with Crippen molar-refractivity contribution in [1.82, 2.24) is 5.09 Å². The van der Waals surface area contributed by atoms with Gasteiger partial charge in [0.2, 0.25) is 0 Å². The monoisotopic (exact) mass is 187 g/mol. The van der Waals surface area contributed by atoms with Crippen LogP contribution < -0.4 is 5.09 Å². The van der Waals surface area contributed by atoms with Crippen molar-refractivity contribution >= 4 is 13.0 Å². The van der Waals surface area contributed by atoms with E-state index < -0.39 is 7.70 Å². The van der Waals surface area contributed by atoms with Crippen LogP contribution in [0.15, 0.2) is 12.7 Å². The molecule has 0 rings (SSSR count). The SMILES string of the molecule is C=CC(CC)C/C(C)=[PH](/C)NC. The van der Waals surface area contributed by atoms with Crippen molar-refractivity contribution in [1.29, 1.82) is 0 Å². The Morgan fingerprint density at radius 2 is 2.25 bits per heavy atom. The maximum Gasteiger partial charge on any atom is -0.0128 e. The van der Waals surface area contributed by atoms with Crippen LogP contribution in [0.4, 0.5) is 0 Å². The van der Waals surface area contributed by atoms with Crippen molar-refractivity contribution in [3.8, 4) is 0 Å². The van der Waals surface area contributed by atoms with Gasteiger partial charge in [0.25, 0.3) is 0 Å². The van der Waals surface area contributed by atoms with Crippen molar-refractivity contribution in [2.24, 2.45) is 5.92 Å². The van der Waals surface area contributed by atoms with Gasteiger partial charge in [0.15, 0.2) is 0 Å². The summed E-state index contributed by atoms with van der Waals surface area (Å²) in [5.74, 6) is 0.679. The van der Waals surface area contributed by atoms with Gasteiger partial charge in [0.1, 0.15) is 0 Å². The van der Waals surface area contributed by atoms with Crippen LogP contribution in [0.25, 0.3) is 0 Å². The average molecular weight is 187 g/mol. The van der Waals surface area contributed by atoms with Gasteiger partial charge in [-0.15, -0.1) is 6.58 Å². The molecule has 0 aliphatic rings. The second-order valence-electron chi connectivity index (χ2n) is 3.26. The van der Waals surface area contributed by atoms with Crippen molar-refractivity contribution < 1.29 is 0 Å². The topological polar surface area (TPSA) is 12.0 Å². The smallest absolute Gasteiger partial charge is 0.0128 e. The fourth-order valence-electron chi connectivity index (χ4n) is 1.15. The maximum atomic E-state index is 3.85. The average Bonchev–Trinajstić information content (AvgIpc) is 2.12. The van der Waals surface area contributed by atoms with E-state index in [2.05, 4.69) is 38.3 Å². The highest BCUT2D eigenvalue weighted by Gasteiger charge is 2.02. The molecule has 0 aromatic rings. The Bertz CT molecular complexity index is 173. The lowest BCUT2D eigenvalue weighted by Crippen LogP contribution is -2.05. The molecule has 0 aromatic carbocycles. The van der Waals surface area contributed by atoms with E-state index in [1.807, 2.05) is 7.05 Å². The first kappa shape index (κ1) is 12.0. The Morgan fingerprint density at radius 1 is 1.67 bits per heavy atom. The first-order valence-corrected chi connectivity index (χ1v) is 6.62. The summed E-state index contributed by atoms with van der Waals surface area (Å²) >= 11 is 0. The van der Waals surface area contributed by atoms with Gasteiger partial charge in [0, 0.05) is 0 Å². The number of hydrogen-bond acceptors (Lipinski definition) is 1. The fourth-order valence-corrected chi connectivity index (χ4v) is 2.15. The molecule has 0 aromatic heterocycles. The molecule has 1 nitrogen and oxygen atoms in total. The molecule has 0 fully saturated rings. The van der Waals surface area contributed by atoms with Crippen LogP contribution in [0.3, 0.4) is 0 Å². The van der Waals surface area contributed by atoms with Crippen LogP contribution in [0.5, 0.6) is 0 Å². The molecule has 0 saturated heterocycles. The fraction of sp³-hybridized carbons (Fsp3) is 0.700. The molecule has 0 heterocycles. The Labute approximate surface area is 77.7 Å². The van der Waals surface area contributed by atoms with E-state index in [0.29, 0.717) is 5.92 Å². The maximum absolute atomic E-state index is 3.85. The van der Waals surface area contributed by atoms with Gasteiger partial charge in [-0.3, -0.25) is 0 Å². The zero-order valence-electron chi connectivity index (χ0n) is 8.78. The van der Waals surface area contributed by atoms with Gasteiger partial charge < -0.3 is 5.09 Å². The van der Waals surface area contributed by atoms with Gasteiger partial charge in [-0.2, -0.15) is 0 Å². The molecule has 0 bridgehead atoms. The number of rotatable bonds is 5. The molecule has 2 heteroatoms. The van der Waals surface area contributed by atoms with Crippen LogP contribution in [0.1, 0.15) is 26.7 Å². The van der Waals surface area contributed by atoms with Crippen LogP contribution in [0.2, 0.25) is 0 Å². The van der Waals surface area contributed by atoms with E-state index in [1.54, 1.807) is 5.29 Å². The molecular formula is C10H22NP. The Hall–Kier alpha value is -0.0000000000000000208. The Morgan fingerprint density at radius 3 is 2.58 bits per heavy atom. The van der Waals surface area contributed by atoms with Gasteiger partial charge in [-0.25, -0.2) is 0 Å². The highest BCUT2D eigenvalue weighted by molar-refractivity contribution is 7.56. The van der Waals surface area contributed by atoms with Crippen molar-refractivity contribution in [2.75, 3.05) is 13.7 Å². The van der Waals surface area contributed by atoms with E-state index in [-0.39, 0.29) is 0 Å². The molecule has 0 aliphatic carbocycles. The molecular weight excluding hydrogens is 165 g/mol. The van der Waals surface area contributed by atoms with Crippen LogP contribution >= 0.6 is 7.70 Å². The van der Waals surface area contributed by atoms with E-state index >= 15 is 0 Å². The standard InChI is InChI=1S/C10H22NP/c1-6-10(7-2)8-9(3)12(5)11-4/h6,10-12H,1,7-8H2,2-5H3. The summed E-state index contributed by atoms with van der Waals surface area (Å²) in [5.41, 5.74) is 0. The van der Waals surface area contributed by atoms with E-state index in [0.717, 1.165) is 0 Å². The van der Waals surface area contributed by atoms with Gasteiger partial charge in [0.05, 0.1) is 0 Å². The zero-order chi connectivity index (χ0) is 9.56. The third-order valence-electron chi connectivity index (χ3n) is 2.44. The minimum absolute atomic E-state index is 0.403. The third kappa shape index (κ3) is 4.13. The number of nitrogens with one attached hydrogen (secondary N) is 1. The van der Waals surface area contributed by atoms with Gasteiger partial charge in [-0.1, -0.05) is 26.0 Å². The highest BCUT2D eigenvalue weighted by Crippen LogP contribution is 2.19. The van der Waals surface area contributed by atoms with Gasteiger partial charge in [-0.05, 0) is 39.4 Å². The van der Waals surface area contributed by atoms with E-state index in [1.165, 1.54) is 12.8 Å². The molecule has 12 heavy (non-hydrogen) atoms. The first-order chi connectivity index (χ1) is 5.65. The molecule has 1 N–H and O–H groups in total. The second kappa shape index (κ2) is 6.51. The molecule has 0 spiro atoms. The van der Waals surface area contributed by atoms with Crippen molar-refractivity contribution in [3.63, 3.8) is 0 Å². The minimum Gasteiger partial charge on any atom is -0.302 e.